The van der Waals surface area contributed by atoms with Crippen LogP contribution < -0.4 is 4.74 Å². The lowest BCUT2D eigenvalue weighted by atomic mass is 10.1. The molecule has 6 nitrogen and oxygen atoms in total. The number of ether oxygens (including phenoxy) is 1. The molecule has 0 amide bonds. The Labute approximate surface area is 153 Å². The van der Waals surface area contributed by atoms with Gasteiger partial charge in [-0.3, -0.25) is 4.79 Å². The fourth-order valence-electron chi connectivity index (χ4n) is 2.87. The minimum atomic E-state index is -3.49. The molecule has 0 atom stereocenters. The highest BCUT2D eigenvalue weighted by Gasteiger charge is 2.26. The van der Waals surface area contributed by atoms with Crippen LogP contribution in [0.4, 0.5) is 0 Å². The van der Waals surface area contributed by atoms with Gasteiger partial charge in [-0.25, -0.2) is 13.4 Å². The van der Waals surface area contributed by atoms with Crippen molar-refractivity contribution >= 4 is 15.8 Å². The van der Waals surface area contributed by atoms with Gasteiger partial charge in [0.25, 0.3) is 0 Å². The van der Waals surface area contributed by atoms with Crippen LogP contribution in [0, 0.1) is 0 Å². The molecule has 0 bridgehead atoms. The van der Waals surface area contributed by atoms with Gasteiger partial charge in [-0.1, -0.05) is 13.3 Å². The summed E-state index contributed by atoms with van der Waals surface area (Å²) in [6.07, 6.45) is 4.64. The second kappa shape index (κ2) is 7.97. The van der Waals surface area contributed by atoms with Crippen LogP contribution in [0.3, 0.4) is 0 Å². The molecule has 1 fully saturated rings. The predicted octanol–water partition coefficient (Wildman–Crippen LogP) is 3.64. The van der Waals surface area contributed by atoms with E-state index in [-0.39, 0.29) is 10.7 Å². The van der Waals surface area contributed by atoms with E-state index in [1.807, 2.05) is 6.92 Å². The first-order valence-electron chi connectivity index (χ1n) is 8.78. The third-order valence-electron chi connectivity index (χ3n) is 4.38. The molecule has 0 unspecified atom stereocenters. The molecule has 1 saturated heterocycles. The van der Waals surface area contributed by atoms with E-state index >= 15 is 0 Å². The standard InChI is InChI=1S/C19H22N2O4S/c1-2-18(22)15-6-8-16(9-7-15)25-19-11-10-17(14-20-19)26(23,24)21-12-4-3-5-13-21/h6-11,14H,2-5,12-13H2,1H3. The van der Waals surface area contributed by atoms with Crippen molar-refractivity contribution in [1.29, 1.82) is 0 Å². The number of aromatic nitrogens is 1. The van der Waals surface area contributed by atoms with E-state index in [0.717, 1.165) is 19.3 Å². The molecule has 0 N–H and O–H groups in total. The number of nitrogens with zero attached hydrogens (tertiary/aromatic N) is 2. The van der Waals surface area contributed by atoms with E-state index in [4.69, 9.17) is 4.74 Å². The minimum Gasteiger partial charge on any atom is -0.439 e. The van der Waals surface area contributed by atoms with Gasteiger partial charge in [0.2, 0.25) is 15.9 Å². The second-order valence-electron chi connectivity index (χ2n) is 6.20. The van der Waals surface area contributed by atoms with Crippen molar-refractivity contribution in [1.82, 2.24) is 9.29 Å². The van der Waals surface area contributed by atoms with Crippen LogP contribution >= 0.6 is 0 Å². The Bertz CT molecular complexity index is 855. The lowest BCUT2D eigenvalue weighted by molar-refractivity contribution is 0.0988. The van der Waals surface area contributed by atoms with Gasteiger partial charge in [-0.15, -0.1) is 0 Å². The maximum atomic E-state index is 12.6. The van der Waals surface area contributed by atoms with Crippen LogP contribution in [0.5, 0.6) is 11.6 Å². The summed E-state index contributed by atoms with van der Waals surface area (Å²) in [5.74, 6) is 0.913. The maximum absolute atomic E-state index is 12.6. The first-order valence-corrected chi connectivity index (χ1v) is 10.2. The smallest absolute Gasteiger partial charge is 0.244 e. The predicted molar refractivity (Wildman–Crippen MR) is 98.0 cm³/mol. The van der Waals surface area contributed by atoms with E-state index in [1.54, 1.807) is 30.3 Å². The van der Waals surface area contributed by atoms with Crippen LogP contribution in [0.1, 0.15) is 43.0 Å². The van der Waals surface area contributed by atoms with E-state index in [0.29, 0.717) is 36.7 Å². The summed E-state index contributed by atoms with van der Waals surface area (Å²) in [6.45, 7) is 2.93. The molecule has 1 aliphatic heterocycles. The monoisotopic (exact) mass is 374 g/mol. The van der Waals surface area contributed by atoms with Crippen LogP contribution in [0.2, 0.25) is 0 Å². The number of benzene rings is 1. The van der Waals surface area contributed by atoms with E-state index in [2.05, 4.69) is 4.98 Å². The van der Waals surface area contributed by atoms with Crippen LogP contribution in [0.25, 0.3) is 0 Å². The first-order chi connectivity index (χ1) is 12.5. The lowest BCUT2D eigenvalue weighted by Gasteiger charge is -2.25. The number of hydrogen-bond acceptors (Lipinski definition) is 5. The van der Waals surface area contributed by atoms with Gasteiger partial charge in [0.1, 0.15) is 10.6 Å². The lowest BCUT2D eigenvalue weighted by Crippen LogP contribution is -2.35. The number of pyridine rings is 1. The number of rotatable bonds is 6. The van der Waals surface area contributed by atoms with Gasteiger partial charge in [0.15, 0.2) is 5.78 Å². The fourth-order valence-corrected chi connectivity index (χ4v) is 4.33. The third-order valence-corrected chi connectivity index (χ3v) is 6.26. The van der Waals surface area contributed by atoms with Gasteiger partial charge in [0.05, 0.1) is 6.20 Å². The first kappa shape index (κ1) is 18.5. The molecule has 2 heterocycles. The Kier molecular flexibility index (Phi) is 5.68. The van der Waals surface area contributed by atoms with Crippen molar-refractivity contribution in [2.45, 2.75) is 37.5 Å². The van der Waals surface area contributed by atoms with E-state index < -0.39 is 10.0 Å². The Morgan fingerprint density at radius 3 is 2.35 bits per heavy atom. The summed E-state index contributed by atoms with van der Waals surface area (Å²) in [5, 5.41) is 0. The molecule has 0 aliphatic carbocycles. The molecular weight excluding hydrogens is 352 g/mol. The molecule has 26 heavy (non-hydrogen) atoms. The molecular formula is C19H22N2O4S. The molecule has 7 heteroatoms. The highest BCUT2D eigenvalue weighted by Crippen LogP contribution is 2.24. The Morgan fingerprint density at radius 1 is 1.08 bits per heavy atom. The number of ketones is 1. The average Bonchev–Trinajstić information content (AvgIpc) is 2.69. The Morgan fingerprint density at radius 2 is 1.77 bits per heavy atom. The number of piperidine rings is 1. The van der Waals surface area contributed by atoms with Crippen molar-refractivity contribution in [3.63, 3.8) is 0 Å². The van der Waals surface area contributed by atoms with Gasteiger partial charge in [0, 0.05) is 31.1 Å². The molecule has 3 rings (SSSR count). The summed E-state index contributed by atoms with van der Waals surface area (Å²) < 4.78 is 32.3. The fraction of sp³-hybridized carbons (Fsp3) is 0.368. The minimum absolute atomic E-state index is 0.0712. The van der Waals surface area contributed by atoms with Crippen LogP contribution in [0.15, 0.2) is 47.5 Å². The van der Waals surface area contributed by atoms with Crippen molar-refractivity contribution in [2.75, 3.05) is 13.1 Å². The molecule has 0 radical (unpaired) electrons. The van der Waals surface area contributed by atoms with Crippen LogP contribution in [-0.2, 0) is 10.0 Å². The zero-order valence-electron chi connectivity index (χ0n) is 14.7. The van der Waals surface area contributed by atoms with Crippen molar-refractivity contribution in [3.8, 4) is 11.6 Å². The normalized spacial score (nSPS) is 15.6. The number of Topliss-reactive ketones (excluding diaryl/α,β-unsaturated/α-hetero) is 1. The summed E-state index contributed by atoms with van der Waals surface area (Å²) >= 11 is 0. The number of hydrogen-bond donors (Lipinski definition) is 0. The maximum Gasteiger partial charge on any atom is 0.244 e. The summed E-state index contributed by atoms with van der Waals surface area (Å²) in [5.41, 5.74) is 0.635. The zero-order chi connectivity index (χ0) is 18.6. The topological polar surface area (TPSA) is 76.6 Å². The SMILES string of the molecule is CCC(=O)c1ccc(Oc2ccc(S(=O)(=O)N3CCCCC3)cn2)cc1. The summed E-state index contributed by atoms with van der Waals surface area (Å²) in [4.78, 5) is 15.9. The molecule has 1 aromatic carbocycles. The molecule has 1 aliphatic rings. The zero-order valence-corrected chi connectivity index (χ0v) is 15.5. The van der Waals surface area contributed by atoms with E-state index in [1.165, 1.54) is 16.6 Å². The van der Waals surface area contributed by atoms with Crippen molar-refractivity contribution in [2.24, 2.45) is 0 Å². The Balaban J connectivity index is 1.70. The highest BCUT2D eigenvalue weighted by molar-refractivity contribution is 7.89. The Hall–Kier alpha value is -2.25. The van der Waals surface area contributed by atoms with Gasteiger partial charge >= 0.3 is 0 Å². The number of carbonyl (C=O) groups excluding carboxylic acids is 1. The average molecular weight is 374 g/mol. The molecule has 138 valence electrons. The highest BCUT2D eigenvalue weighted by atomic mass is 32.2. The van der Waals surface area contributed by atoms with Gasteiger partial charge < -0.3 is 4.74 Å². The molecule has 0 saturated carbocycles. The largest absolute Gasteiger partial charge is 0.439 e. The second-order valence-corrected chi connectivity index (χ2v) is 8.14. The van der Waals surface area contributed by atoms with Crippen molar-refractivity contribution < 1.29 is 17.9 Å². The molecule has 2 aromatic rings. The third kappa shape index (κ3) is 4.11. The van der Waals surface area contributed by atoms with E-state index in [9.17, 15) is 13.2 Å². The summed E-state index contributed by atoms with van der Waals surface area (Å²) in [7, 11) is -3.49. The molecule has 1 aromatic heterocycles. The number of sulfonamides is 1. The van der Waals surface area contributed by atoms with Crippen LogP contribution in [-0.4, -0.2) is 36.6 Å². The van der Waals surface area contributed by atoms with Crippen molar-refractivity contribution in [3.05, 3.63) is 48.2 Å². The quantitative estimate of drug-likeness (QED) is 0.722. The summed E-state index contributed by atoms with van der Waals surface area (Å²) in [6, 6.07) is 9.86. The molecule has 0 spiro atoms. The van der Waals surface area contributed by atoms with Gasteiger partial charge in [-0.05, 0) is 43.2 Å². The number of carbonyl (C=O) groups is 1. The van der Waals surface area contributed by atoms with Gasteiger partial charge in [-0.2, -0.15) is 4.31 Å².